The van der Waals surface area contributed by atoms with Gasteiger partial charge in [-0.2, -0.15) is 0 Å². The van der Waals surface area contributed by atoms with Crippen molar-refractivity contribution >= 4 is 31.9 Å². The number of hydrogen-bond acceptors (Lipinski definition) is 7. The molecule has 9 nitrogen and oxygen atoms in total. The van der Waals surface area contributed by atoms with Crippen molar-refractivity contribution in [2.75, 3.05) is 6.54 Å². The van der Waals surface area contributed by atoms with Crippen molar-refractivity contribution in [2.45, 2.75) is 45.0 Å². The van der Waals surface area contributed by atoms with Crippen molar-refractivity contribution in [1.29, 1.82) is 0 Å². The van der Waals surface area contributed by atoms with Crippen LogP contribution in [-0.4, -0.2) is 46.6 Å². The fraction of sp³-hybridized carbons (Fsp3) is 0.259. The molecule has 0 bridgehead atoms. The molecule has 0 saturated heterocycles. The fourth-order valence-corrected chi connectivity index (χ4v) is 6.43. The summed E-state index contributed by atoms with van der Waals surface area (Å²) in [4.78, 5) is 13.6. The lowest BCUT2D eigenvalue weighted by Gasteiger charge is -2.38. The van der Waals surface area contributed by atoms with E-state index < -0.39 is 22.2 Å². The van der Waals surface area contributed by atoms with E-state index in [0.717, 1.165) is 26.1 Å². The van der Waals surface area contributed by atoms with Crippen molar-refractivity contribution in [1.82, 2.24) is 14.4 Å². The molecule has 2 aromatic carbocycles. The molecule has 0 fully saturated rings. The Kier molecular flexibility index (Phi) is 8.39. The molecule has 0 amide bonds. The monoisotopic (exact) mass is 601 g/mol. The Labute approximate surface area is 230 Å². The zero-order valence-corrected chi connectivity index (χ0v) is 23.6. The summed E-state index contributed by atoms with van der Waals surface area (Å²) in [6, 6.07) is 15.5. The van der Waals surface area contributed by atoms with Gasteiger partial charge in [-0.15, -0.1) is 0 Å². The number of sulfonamides is 1. The van der Waals surface area contributed by atoms with E-state index >= 15 is 0 Å². The molecule has 3 aromatic rings. The smallest absolute Gasteiger partial charge is 0.337 e. The van der Waals surface area contributed by atoms with E-state index in [-0.39, 0.29) is 21.9 Å². The van der Waals surface area contributed by atoms with Gasteiger partial charge in [-0.1, -0.05) is 58.3 Å². The third-order valence-electron chi connectivity index (χ3n) is 6.14. The molecule has 1 unspecified atom stereocenters. The number of carbonyl (C=O) groups is 1. The molecule has 1 N–H and O–H groups in total. The number of hydrogen-bond donors (Lipinski definition) is 1. The van der Waals surface area contributed by atoms with Crippen LogP contribution >= 0.6 is 15.9 Å². The third kappa shape index (κ3) is 5.85. The molecule has 1 aliphatic rings. The van der Waals surface area contributed by atoms with Crippen LogP contribution in [0.5, 0.6) is 5.75 Å². The molecule has 0 saturated carbocycles. The van der Waals surface area contributed by atoms with Gasteiger partial charge >= 0.3 is 5.97 Å². The van der Waals surface area contributed by atoms with Gasteiger partial charge in [-0.05, 0) is 56.3 Å². The lowest BCUT2D eigenvalue weighted by Crippen LogP contribution is -2.48. The molecular weight excluding hydrogens is 574 g/mol. The van der Waals surface area contributed by atoms with Gasteiger partial charge in [-0.25, -0.2) is 13.2 Å². The second-order valence-electron chi connectivity index (χ2n) is 8.74. The van der Waals surface area contributed by atoms with Crippen LogP contribution in [0.1, 0.15) is 29.5 Å². The first-order chi connectivity index (χ1) is 18.1. The Balaban J connectivity index is 1.68. The molecule has 1 aromatic heterocycles. The van der Waals surface area contributed by atoms with Gasteiger partial charge in [0.25, 0.3) is 10.0 Å². The molecule has 1 aliphatic heterocycles. The lowest BCUT2D eigenvalue weighted by molar-refractivity contribution is -0.132. The summed E-state index contributed by atoms with van der Waals surface area (Å²) < 4.78 is 40.8. The number of nitrogens with zero attached hydrogens (tertiary/aromatic N) is 3. The van der Waals surface area contributed by atoms with E-state index in [1.54, 1.807) is 6.08 Å². The average molecular weight is 603 g/mol. The van der Waals surface area contributed by atoms with Gasteiger partial charge in [0.05, 0.1) is 5.57 Å². The minimum atomic E-state index is -4.20. The van der Waals surface area contributed by atoms with Crippen LogP contribution in [-0.2, 0) is 28.0 Å². The van der Waals surface area contributed by atoms with Gasteiger partial charge < -0.3 is 14.4 Å². The van der Waals surface area contributed by atoms with Crippen LogP contribution in [0.2, 0.25) is 0 Å². The van der Waals surface area contributed by atoms with Crippen LogP contribution in [0.3, 0.4) is 0 Å². The van der Waals surface area contributed by atoms with Crippen LogP contribution in [0.25, 0.3) is 0 Å². The average Bonchev–Trinajstić information content (AvgIpc) is 3.25. The highest BCUT2D eigenvalue weighted by atomic mass is 79.9. The van der Waals surface area contributed by atoms with Gasteiger partial charge in [-0.3, -0.25) is 9.21 Å². The predicted octanol–water partition coefficient (Wildman–Crippen LogP) is 5.01. The van der Waals surface area contributed by atoms with Crippen molar-refractivity contribution in [3.8, 4) is 5.75 Å². The van der Waals surface area contributed by atoms with E-state index in [9.17, 15) is 18.3 Å². The summed E-state index contributed by atoms with van der Waals surface area (Å²) in [5.41, 5.74) is 1.91. The van der Waals surface area contributed by atoms with E-state index in [1.807, 2.05) is 60.4 Å². The van der Waals surface area contributed by atoms with Crippen molar-refractivity contribution in [2.24, 2.45) is 0 Å². The molecule has 0 radical (unpaired) electrons. The van der Waals surface area contributed by atoms with Gasteiger partial charge in [0.2, 0.25) is 0 Å². The van der Waals surface area contributed by atoms with Crippen LogP contribution in [0, 0.1) is 13.8 Å². The highest BCUT2D eigenvalue weighted by Gasteiger charge is 2.37. The Hall–Kier alpha value is -3.41. The van der Waals surface area contributed by atoms with E-state index in [1.165, 1.54) is 19.9 Å². The molecule has 200 valence electrons. The number of aromatic nitrogens is 1. The quantitative estimate of drug-likeness (QED) is 0.345. The number of halogens is 1. The molecule has 38 heavy (non-hydrogen) atoms. The summed E-state index contributed by atoms with van der Waals surface area (Å²) in [6.45, 7) is 6.13. The fourth-order valence-electron chi connectivity index (χ4n) is 4.26. The number of carboxylic acids is 1. The maximum atomic E-state index is 13.8. The number of aliphatic carboxylic acids is 1. The predicted molar refractivity (Wildman–Crippen MR) is 145 cm³/mol. The summed E-state index contributed by atoms with van der Waals surface area (Å²) in [5, 5.41) is 13.4. The number of carboxylic acid groups (broad SMARTS) is 1. The van der Waals surface area contributed by atoms with E-state index in [0.29, 0.717) is 25.4 Å². The topological polar surface area (TPSA) is 113 Å². The first-order valence-corrected chi connectivity index (χ1v) is 14.1. The normalized spacial score (nSPS) is 15.6. The minimum absolute atomic E-state index is 0.0795. The standard InChI is InChI=1S/C27H28BrN3O6S/c1-4-30(15-22-14-23(28)11-12-24(22)36-17-20-8-6-5-7-9-20)25-13-10-21(27(32)33)16-31(25)38(34,35)26-18(2)29-37-19(26)3/h5-14,16,25H,4,15,17H2,1-3H3,(H,32,33). The summed E-state index contributed by atoms with van der Waals surface area (Å²) in [5.74, 6) is -0.435. The highest BCUT2D eigenvalue weighted by Crippen LogP contribution is 2.32. The first-order valence-electron chi connectivity index (χ1n) is 11.9. The maximum absolute atomic E-state index is 13.8. The highest BCUT2D eigenvalue weighted by molar-refractivity contribution is 9.10. The van der Waals surface area contributed by atoms with Gasteiger partial charge in [0.15, 0.2) is 10.7 Å². The second-order valence-corrected chi connectivity index (χ2v) is 11.4. The first kappa shape index (κ1) is 27.6. The Morgan fingerprint density at radius 3 is 2.58 bits per heavy atom. The second kappa shape index (κ2) is 11.5. The van der Waals surface area contributed by atoms with E-state index in [2.05, 4.69) is 21.1 Å². The lowest BCUT2D eigenvalue weighted by atomic mass is 10.1. The maximum Gasteiger partial charge on any atom is 0.337 e. The molecule has 4 rings (SSSR count). The number of likely N-dealkylation sites (N-methyl/N-ethyl adjacent to an activating group) is 1. The number of rotatable bonds is 10. The largest absolute Gasteiger partial charge is 0.489 e. The minimum Gasteiger partial charge on any atom is -0.489 e. The Bertz CT molecular complexity index is 1460. The zero-order valence-electron chi connectivity index (χ0n) is 21.2. The van der Waals surface area contributed by atoms with Gasteiger partial charge in [0, 0.05) is 22.8 Å². The number of benzene rings is 2. The van der Waals surface area contributed by atoms with Crippen molar-refractivity contribution < 1.29 is 27.6 Å². The Morgan fingerprint density at radius 1 is 1.21 bits per heavy atom. The molecular formula is C27H28BrN3O6S. The molecule has 11 heteroatoms. The summed E-state index contributed by atoms with van der Waals surface area (Å²) >= 11 is 3.52. The van der Waals surface area contributed by atoms with Crippen LogP contribution in [0.15, 0.2) is 86.3 Å². The number of ether oxygens (including phenoxy) is 1. The summed E-state index contributed by atoms with van der Waals surface area (Å²) in [7, 11) is -4.20. The van der Waals surface area contributed by atoms with E-state index in [4.69, 9.17) is 9.26 Å². The van der Waals surface area contributed by atoms with Gasteiger partial charge in [0.1, 0.15) is 24.2 Å². The summed E-state index contributed by atoms with van der Waals surface area (Å²) in [6.07, 6.45) is 3.33. The van der Waals surface area contributed by atoms with Crippen LogP contribution < -0.4 is 4.74 Å². The zero-order chi connectivity index (χ0) is 27.4. The Morgan fingerprint density at radius 2 is 1.95 bits per heavy atom. The van der Waals surface area contributed by atoms with Crippen LogP contribution in [0.4, 0.5) is 0 Å². The third-order valence-corrected chi connectivity index (χ3v) is 8.61. The molecule has 0 aliphatic carbocycles. The van der Waals surface area contributed by atoms with Crippen molar-refractivity contribution in [3.05, 3.63) is 99.5 Å². The molecule has 0 spiro atoms. The molecule has 1 atom stereocenters. The SMILES string of the molecule is CCN(Cc1cc(Br)ccc1OCc1ccccc1)C1C=CC(C(=O)O)=CN1S(=O)(=O)c1c(C)noc1C. The van der Waals surface area contributed by atoms with Crippen molar-refractivity contribution in [3.63, 3.8) is 0 Å². The number of aryl methyl sites for hydroxylation is 2. The molecule has 2 heterocycles.